The van der Waals surface area contributed by atoms with Gasteiger partial charge in [0, 0.05) is 36.1 Å². The lowest BCUT2D eigenvalue weighted by atomic mass is 10.1. The highest BCUT2D eigenvalue weighted by Crippen LogP contribution is 2.34. The van der Waals surface area contributed by atoms with E-state index >= 15 is 0 Å². The molecule has 1 unspecified atom stereocenters. The topological polar surface area (TPSA) is 83.7 Å². The van der Waals surface area contributed by atoms with E-state index in [1.165, 1.54) is 12.1 Å². The van der Waals surface area contributed by atoms with Crippen molar-refractivity contribution in [3.63, 3.8) is 0 Å². The van der Waals surface area contributed by atoms with E-state index < -0.39 is 10.9 Å². The van der Waals surface area contributed by atoms with Crippen molar-refractivity contribution in [2.45, 2.75) is 12.8 Å². The van der Waals surface area contributed by atoms with Crippen molar-refractivity contribution < 1.29 is 14.8 Å². The molecule has 1 atom stereocenters. The SMILES string of the molecule is O=C(O)CC1CCN(c2ccc([N+](=O)[O-])cc2Br)C1. The van der Waals surface area contributed by atoms with E-state index in [4.69, 9.17) is 5.11 Å². The second-order valence-corrected chi connectivity index (χ2v) is 5.45. The van der Waals surface area contributed by atoms with Crippen LogP contribution in [-0.2, 0) is 4.79 Å². The number of nitro groups is 1. The van der Waals surface area contributed by atoms with Crippen LogP contribution in [0.25, 0.3) is 0 Å². The number of halogens is 1. The summed E-state index contributed by atoms with van der Waals surface area (Å²) in [5, 5.41) is 19.4. The van der Waals surface area contributed by atoms with Crippen LogP contribution in [0.2, 0.25) is 0 Å². The van der Waals surface area contributed by atoms with Gasteiger partial charge in [0.05, 0.1) is 10.6 Å². The van der Waals surface area contributed by atoms with Crippen LogP contribution in [-0.4, -0.2) is 29.1 Å². The Morgan fingerprint density at radius 3 is 2.89 bits per heavy atom. The molecule has 6 nitrogen and oxygen atoms in total. The number of nitro benzene ring substituents is 1. The molecule has 19 heavy (non-hydrogen) atoms. The summed E-state index contributed by atoms with van der Waals surface area (Å²) in [4.78, 5) is 23.0. The molecular weight excluding hydrogens is 316 g/mol. The molecule has 1 aliphatic rings. The molecule has 2 rings (SSSR count). The number of carboxylic acid groups (broad SMARTS) is 1. The van der Waals surface area contributed by atoms with Gasteiger partial charge in [-0.25, -0.2) is 0 Å². The van der Waals surface area contributed by atoms with Crippen molar-refractivity contribution in [1.29, 1.82) is 0 Å². The Labute approximate surface area is 118 Å². The predicted octanol–water partition coefficient (Wildman–Crippen LogP) is 2.66. The number of hydrogen-bond donors (Lipinski definition) is 1. The van der Waals surface area contributed by atoms with E-state index in [0.29, 0.717) is 11.0 Å². The summed E-state index contributed by atoms with van der Waals surface area (Å²) in [5.74, 6) is -0.644. The van der Waals surface area contributed by atoms with Gasteiger partial charge >= 0.3 is 5.97 Å². The molecule has 7 heteroatoms. The molecule has 0 radical (unpaired) electrons. The van der Waals surface area contributed by atoms with Crippen molar-refractivity contribution in [2.75, 3.05) is 18.0 Å². The Bertz CT molecular complexity index is 520. The molecule has 0 aromatic heterocycles. The third kappa shape index (κ3) is 3.23. The Morgan fingerprint density at radius 1 is 1.58 bits per heavy atom. The van der Waals surface area contributed by atoms with Crippen molar-refractivity contribution in [3.8, 4) is 0 Å². The maximum atomic E-state index is 10.7. The Hall–Kier alpha value is -1.63. The maximum absolute atomic E-state index is 10.7. The number of carboxylic acids is 1. The lowest BCUT2D eigenvalue weighted by molar-refractivity contribution is -0.384. The first-order valence-electron chi connectivity index (χ1n) is 5.88. The zero-order valence-corrected chi connectivity index (χ0v) is 11.7. The van der Waals surface area contributed by atoms with Crippen LogP contribution in [0.4, 0.5) is 11.4 Å². The third-order valence-corrected chi connectivity index (χ3v) is 3.87. The van der Waals surface area contributed by atoms with Crippen LogP contribution in [0.3, 0.4) is 0 Å². The molecule has 0 bridgehead atoms. The molecule has 1 aromatic carbocycles. The quantitative estimate of drug-likeness (QED) is 0.678. The summed E-state index contributed by atoms with van der Waals surface area (Å²) >= 11 is 3.33. The number of nitrogens with zero attached hydrogens (tertiary/aromatic N) is 2. The zero-order chi connectivity index (χ0) is 14.0. The molecule has 1 aromatic rings. The molecule has 1 saturated heterocycles. The second kappa shape index (κ2) is 5.56. The Morgan fingerprint density at radius 2 is 2.32 bits per heavy atom. The lowest BCUT2D eigenvalue weighted by Gasteiger charge is -2.19. The lowest BCUT2D eigenvalue weighted by Crippen LogP contribution is -2.20. The normalized spacial score (nSPS) is 18.6. The van der Waals surface area contributed by atoms with Gasteiger partial charge in [-0.2, -0.15) is 0 Å². The highest BCUT2D eigenvalue weighted by Gasteiger charge is 2.26. The van der Waals surface area contributed by atoms with Gasteiger partial charge in [-0.05, 0) is 34.3 Å². The Kier molecular flexibility index (Phi) is 4.04. The van der Waals surface area contributed by atoms with Crippen molar-refractivity contribution in [3.05, 3.63) is 32.8 Å². The minimum absolute atomic E-state index is 0.0388. The molecule has 0 amide bonds. The fraction of sp³-hybridized carbons (Fsp3) is 0.417. The number of hydrogen-bond acceptors (Lipinski definition) is 4. The molecule has 102 valence electrons. The largest absolute Gasteiger partial charge is 0.481 e. The van der Waals surface area contributed by atoms with E-state index in [2.05, 4.69) is 20.8 Å². The van der Waals surface area contributed by atoms with E-state index in [0.717, 1.165) is 18.7 Å². The van der Waals surface area contributed by atoms with Gasteiger partial charge in [0.1, 0.15) is 0 Å². The van der Waals surface area contributed by atoms with Crippen LogP contribution in [0.5, 0.6) is 0 Å². The first-order chi connectivity index (χ1) is 8.97. The minimum atomic E-state index is -0.783. The van der Waals surface area contributed by atoms with Crippen LogP contribution in [0, 0.1) is 16.0 Å². The van der Waals surface area contributed by atoms with Crippen LogP contribution >= 0.6 is 15.9 Å². The first-order valence-corrected chi connectivity index (χ1v) is 6.67. The molecular formula is C12H13BrN2O4. The monoisotopic (exact) mass is 328 g/mol. The number of rotatable bonds is 4. The van der Waals surface area contributed by atoms with E-state index in [-0.39, 0.29) is 18.0 Å². The zero-order valence-electron chi connectivity index (χ0n) is 10.1. The number of benzene rings is 1. The second-order valence-electron chi connectivity index (χ2n) is 4.59. The average Bonchev–Trinajstić information content (AvgIpc) is 2.76. The van der Waals surface area contributed by atoms with Crippen LogP contribution in [0.15, 0.2) is 22.7 Å². The summed E-state index contributed by atoms with van der Waals surface area (Å²) in [6.45, 7) is 1.44. The van der Waals surface area contributed by atoms with E-state index in [1.807, 2.05) is 0 Å². The number of aliphatic carboxylic acids is 1. The number of carbonyl (C=O) groups is 1. The molecule has 1 N–H and O–H groups in total. The molecule has 1 fully saturated rings. The third-order valence-electron chi connectivity index (χ3n) is 3.23. The van der Waals surface area contributed by atoms with Crippen molar-refractivity contribution in [1.82, 2.24) is 0 Å². The number of anilines is 1. The highest BCUT2D eigenvalue weighted by molar-refractivity contribution is 9.10. The molecule has 1 heterocycles. The van der Waals surface area contributed by atoms with Gasteiger partial charge in [0.2, 0.25) is 0 Å². The standard InChI is InChI=1S/C12H13BrN2O4/c13-10-6-9(15(18)19)1-2-11(10)14-4-3-8(7-14)5-12(16)17/h1-2,6,8H,3-5,7H2,(H,16,17). The smallest absolute Gasteiger partial charge is 0.303 e. The fourth-order valence-corrected chi connectivity index (χ4v) is 2.95. The summed E-state index contributed by atoms with van der Waals surface area (Å²) in [6.07, 6.45) is 0.997. The minimum Gasteiger partial charge on any atom is -0.481 e. The van der Waals surface area contributed by atoms with Crippen molar-refractivity contribution in [2.24, 2.45) is 5.92 Å². The van der Waals surface area contributed by atoms with Gasteiger partial charge in [0.25, 0.3) is 5.69 Å². The van der Waals surface area contributed by atoms with Gasteiger partial charge in [-0.3, -0.25) is 14.9 Å². The maximum Gasteiger partial charge on any atom is 0.303 e. The molecule has 0 spiro atoms. The Balaban J connectivity index is 2.11. The van der Waals surface area contributed by atoms with Crippen LogP contribution < -0.4 is 4.90 Å². The van der Waals surface area contributed by atoms with E-state index in [9.17, 15) is 14.9 Å². The van der Waals surface area contributed by atoms with Gasteiger partial charge in [0.15, 0.2) is 0 Å². The van der Waals surface area contributed by atoms with E-state index in [1.54, 1.807) is 6.07 Å². The van der Waals surface area contributed by atoms with Crippen molar-refractivity contribution >= 4 is 33.3 Å². The first kappa shape index (κ1) is 13.8. The fourth-order valence-electron chi connectivity index (χ4n) is 2.33. The van der Waals surface area contributed by atoms with Gasteiger partial charge < -0.3 is 10.0 Å². The van der Waals surface area contributed by atoms with Gasteiger partial charge in [-0.1, -0.05) is 0 Å². The summed E-state index contributed by atoms with van der Waals surface area (Å²) in [7, 11) is 0. The van der Waals surface area contributed by atoms with Gasteiger partial charge in [-0.15, -0.1) is 0 Å². The number of non-ortho nitro benzene ring substituents is 1. The van der Waals surface area contributed by atoms with Crippen LogP contribution in [0.1, 0.15) is 12.8 Å². The predicted molar refractivity (Wildman–Crippen MR) is 73.4 cm³/mol. The summed E-state index contributed by atoms with van der Waals surface area (Å²) in [5.41, 5.74) is 0.912. The molecule has 0 saturated carbocycles. The summed E-state index contributed by atoms with van der Waals surface area (Å²) < 4.78 is 0.665. The molecule has 0 aliphatic carbocycles. The molecule has 1 aliphatic heterocycles. The summed E-state index contributed by atoms with van der Waals surface area (Å²) in [6, 6.07) is 4.63. The highest BCUT2D eigenvalue weighted by atomic mass is 79.9. The average molecular weight is 329 g/mol.